The minimum absolute atomic E-state index is 0.146. The third-order valence-corrected chi connectivity index (χ3v) is 2.90. The topological polar surface area (TPSA) is 58.1 Å². The molecule has 0 spiro atoms. The molecule has 1 aromatic rings. The van der Waals surface area contributed by atoms with Crippen LogP contribution >= 0.6 is 0 Å². The number of carbonyl (C=O) groups excluding carboxylic acids is 1. The van der Waals surface area contributed by atoms with Gasteiger partial charge in [0.25, 0.3) is 0 Å². The summed E-state index contributed by atoms with van der Waals surface area (Å²) in [6.45, 7) is 2.85. The summed E-state index contributed by atoms with van der Waals surface area (Å²) < 4.78 is 0. The first kappa shape index (κ1) is 12.0. The summed E-state index contributed by atoms with van der Waals surface area (Å²) in [4.78, 5) is 21.9. The minimum atomic E-state index is 0.146. The van der Waals surface area contributed by atoms with Crippen molar-refractivity contribution in [3.8, 4) is 0 Å². The molecule has 1 aromatic heterocycles. The van der Waals surface area contributed by atoms with E-state index in [1.165, 1.54) is 0 Å². The Labute approximate surface area is 101 Å². The highest BCUT2D eigenvalue weighted by atomic mass is 16.2. The van der Waals surface area contributed by atoms with Crippen LogP contribution < -0.4 is 5.32 Å². The number of nitrogens with one attached hydrogen (secondary N) is 1. The van der Waals surface area contributed by atoms with Crippen LogP contribution in [0.1, 0.15) is 24.2 Å². The van der Waals surface area contributed by atoms with Crippen molar-refractivity contribution in [2.75, 3.05) is 13.6 Å². The van der Waals surface area contributed by atoms with E-state index in [0.717, 1.165) is 24.2 Å². The first-order valence-corrected chi connectivity index (χ1v) is 5.90. The Kier molecular flexibility index (Phi) is 3.68. The van der Waals surface area contributed by atoms with Crippen molar-refractivity contribution in [3.05, 3.63) is 23.8 Å². The average molecular weight is 234 g/mol. The fraction of sp³-hybridized carbons (Fsp3) is 0.583. The Morgan fingerprint density at radius 1 is 1.47 bits per heavy atom. The zero-order chi connectivity index (χ0) is 12.3. The second kappa shape index (κ2) is 5.23. The molecular weight excluding hydrogens is 216 g/mol. The van der Waals surface area contributed by atoms with Crippen molar-refractivity contribution >= 4 is 5.91 Å². The summed E-state index contributed by atoms with van der Waals surface area (Å²) in [6, 6.07) is 0.475. The molecule has 92 valence electrons. The molecule has 0 unspecified atom stereocenters. The number of carbonyl (C=O) groups is 1. The van der Waals surface area contributed by atoms with Crippen molar-refractivity contribution in [2.45, 2.75) is 32.4 Å². The summed E-state index contributed by atoms with van der Waals surface area (Å²) >= 11 is 0. The number of nitrogens with zero attached hydrogens (tertiary/aromatic N) is 3. The van der Waals surface area contributed by atoms with Gasteiger partial charge in [-0.15, -0.1) is 0 Å². The first-order chi connectivity index (χ1) is 8.16. The average Bonchev–Trinajstić information content (AvgIpc) is 3.14. The van der Waals surface area contributed by atoms with E-state index < -0.39 is 0 Å². The molecule has 1 amide bonds. The lowest BCUT2D eigenvalue weighted by atomic mass is 10.4. The van der Waals surface area contributed by atoms with E-state index in [4.69, 9.17) is 0 Å². The predicted octanol–water partition coefficient (Wildman–Crippen LogP) is 0.495. The predicted molar refractivity (Wildman–Crippen MR) is 64.3 cm³/mol. The van der Waals surface area contributed by atoms with Crippen LogP contribution in [0.3, 0.4) is 0 Å². The van der Waals surface area contributed by atoms with E-state index in [2.05, 4.69) is 15.3 Å². The zero-order valence-electron chi connectivity index (χ0n) is 10.3. The first-order valence-electron chi connectivity index (χ1n) is 5.90. The summed E-state index contributed by atoms with van der Waals surface area (Å²) in [6.07, 6.45) is 5.75. The number of rotatable bonds is 5. The van der Waals surface area contributed by atoms with E-state index in [1.807, 2.05) is 18.9 Å². The van der Waals surface area contributed by atoms with E-state index >= 15 is 0 Å². The molecule has 1 aliphatic carbocycles. The molecule has 0 aromatic carbocycles. The molecule has 2 rings (SSSR count). The number of amides is 1. The molecule has 1 aliphatic rings. The van der Waals surface area contributed by atoms with Crippen molar-refractivity contribution in [2.24, 2.45) is 0 Å². The van der Waals surface area contributed by atoms with Crippen LogP contribution in [0.2, 0.25) is 0 Å². The Hall–Kier alpha value is -1.49. The molecule has 5 nitrogen and oxygen atoms in total. The number of aromatic nitrogens is 2. The van der Waals surface area contributed by atoms with Gasteiger partial charge in [-0.3, -0.25) is 14.8 Å². The fourth-order valence-corrected chi connectivity index (χ4v) is 1.60. The molecule has 17 heavy (non-hydrogen) atoms. The van der Waals surface area contributed by atoms with Gasteiger partial charge in [-0.1, -0.05) is 0 Å². The van der Waals surface area contributed by atoms with Crippen LogP contribution in [0, 0.1) is 6.92 Å². The van der Waals surface area contributed by atoms with Crippen LogP contribution in [-0.2, 0) is 11.3 Å². The fourth-order valence-electron chi connectivity index (χ4n) is 1.60. The lowest BCUT2D eigenvalue weighted by molar-refractivity contribution is -0.129. The number of hydrogen-bond donors (Lipinski definition) is 1. The molecule has 0 aliphatic heterocycles. The Morgan fingerprint density at radius 2 is 2.24 bits per heavy atom. The van der Waals surface area contributed by atoms with Gasteiger partial charge >= 0.3 is 0 Å². The van der Waals surface area contributed by atoms with Gasteiger partial charge in [-0.05, 0) is 19.8 Å². The SMILES string of the molecule is Cc1cnc(CNCC(=O)N(C)C2CC2)cn1. The number of aryl methyl sites for hydroxylation is 1. The van der Waals surface area contributed by atoms with Crippen molar-refractivity contribution in [1.29, 1.82) is 0 Å². The minimum Gasteiger partial charge on any atom is -0.342 e. The highest BCUT2D eigenvalue weighted by Gasteiger charge is 2.28. The molecule has 0 saturated heterocycles. The lowest BCUT2D eigenvalue weighted by Gasteiger charge is -2.16. The Morgan fingerprint density at radius 3 is 2.82 bits per heavy atom. The number of hydrogen-bond acceptors (Lipinski definition) is 4. The van der Waals surface area contributed by atoms with Gasteiger partial charge < -0.3 is 10.2 Å². The third-order valence-electron chi connectivity index (χ3n) is 2.90. The van der Waals surface area contributed by atoms with E-state index in [1.54, 1.807) is 12.4 Å². The molecule has 0 radical (unpaired) electrons. The second-order valence-corrected chi connectivity index (χ2v) is 4.49. The molecule has 1 fully saturated rings. The number of likely N-dealkylation sites (N-methyl/N-ethyl adjacent to an activating group) is 1. The van der Waals surface area contributed by atoms with E-state index in [0.29, 0.717) is 19.1 Å². The van der Waals surface area contributed by atoms with Gasteiger partial charge in [-0.25, -0.2) is 0 Å². The molecular formula is C12H18N4O. The van der Waals surface area contributed by atoms with Gasteiger partial charge in [0.15, 0.2) is 0 Å². The Bertz CT molecular complexity index is 386. The van der Waals surface area contributed by atoms with Crippen molar-refractivity contribution in [3.63, 3.8) is 0 Å². The maximum Gasteiger partial charge on any atom is 0.236 e. The largest absolute Gasteiger partial charge is 0.342 e. The normalized spacial score (nSPS) is 14.7. The molecule has 1 heterocycles. The van der Waals surface area contributed by atoms with Gasteiger partial charge in [0.1, 0.15) is 0 Å². The molecule has 5 heteroatoms. The van der Waals surface area contributed by atoms with Crippen LogP contribution in [0.25, 0.3) is 0 Å². The van der Waals surface area contributed by atoms with Gasteiger partial charge in [0, 0.05) is 32.0 Å². The van der Waals surface area contributed by atoms with E-state index in [9.17, 15) is 4.79 Å². The Balaban J connectivity index is 1.71. The second-order valence-electron chi connectivity index (χ2n) is 4.49. The maximum atomic E-state index is 11.7. The van der Waals surface area contributed by atoms with Crippen molar-refractivity contribution < 1.29 is 4.79 Å². The monoisotopic (exact) mass is 234 g/mol. The maximum absolute atomic E-state index is 11.7. The smallest absolute Gasteiger partial charge is 0.236 e. The summed E-state index contributed by atoms with van der Waals surface area (Å²) in [7, 11) is 1.87. The summed E-state index contributed by atoms with van der Waals surface area (Å²) in [5.41, 5.74) is 1.76. The van der Waals surface area contributed by atoms with Gasteiger partial charge in [-0.2, -0.15) is 0 Å². The lowest BCUT2D eigenvalue weighted by Crippen LogP contribution is -2.36. The highest BCUT2D eigenvalue weighted by Crippen LogP contribution is 2.24. The zero-order valence-corrected chi connectivity index (χ0v) is 10.3. The van der Waals surface area contributed by atoms with Crippen molar-refractivity contribution in [1.82, 2.24) is 20.2 Å². The highest BCUT2D eigenvalue weighted by molar-refractivity contribution is 5.78. The molecule has 0 atom stereocenters. The van der Waals surface area contributed by atoms with Crippen LogP contribution in [-0.4, -0.2) is 40.4 Å². The van der Waals surface area contributed by atoms with Crippen LogP contribution in [0.5, 0.6) is 0 Å². The van der Waals surface area contributed by atoms with E-state index in [-0.39, 0.29) is 5.91 Å². The van der Waals surface area contributed by atoms with Crippen LogP contribution in [0.15, 0.2) is 12.4 Å². The molecule has 1 saturated carbocycles. The quantitative estimate of drug-likeness (QED) is 0.806. The van der Waals surface area contributed by atoms with Crippen LogP contribution in [0.4, 0.5) is 0 Å². The third kappa shape index (κ3) is 3.49. The standard InChI is InChI=1S/C12H18N4O/c1-9-5-15-10(7-14-9)6-13-8-12(17)16(2)11-3-4-11/h5,7,11,13H,3-4,6,8H2,1-2H3. The summed E-state index contributed by atoms with van der Waals surface area (Å²) in [5, 5.41) is 3.09. The molecule has 1 N–H and O–H groups in total. The van der Waals surface area contributed by atoms with Gasteiger partial charge in [0.05, 0.1) is 17.9 Å². The van der Waals surface area contributed by atoms with Gasteiger partial charge in [0.2, 0.25) is 5.91 Å². The molecule has 0 bridgehead atoms. The summed E-state index contributed by atoms with van der Waals surface area (Å²) in [5.74, 6) is 0.146.